The number of methoxy groups -OCH3 is 1. The van der Waals surface area contributed by atoms with Crippen LogP contribution in [0, 0.1) is 5.41 Å². The first-order valence-electron chi connectivity index (χ1n) is 8.18. The maximum absolute atomic E-state index is 12.3. The highest BCUT2D eigenvalue weighted by atomic mass is 32.1. The Bertz CT molecular complexity index is 843. The topological polar surface area (TPSA) is 69.9 Å². The molecule has 0 radical (unpaired) electrons. The molecule has 0 aliphatic carbocycles. The molecule has 0 atom stereocenters. The van der Waals surface area contributed by atoms with Crippen LogP contribution in [0.5, 0.6) is 5.75 Å². The summed E-state index contributed by atoms with van der Waals surface area (Å²) < 4.78 is 13.1. The molecule has 0 aliphatic rings. The average Bonchev–Trinajstić information content (AvgIpc) is 2.88. The van der Waals surface area contributed by atoms with Gasteiger partial charge in [-0.05, 0) is 19.1 Å². The number of aryl methyl sites for hydroxylation is 1. The van der Waals surface area contributed by atoms with Crippen molar-refractivity contribution >= 4 is 33.4 Å². The quantitative estimate of drug-likeness (QED) is 0.764. The number of ether oxygens (including phenoxy) is 2. The van der Waals surface area contributed by atoms with E-state index in [0.29, 0.717) is 23.7 Å². The van der Waals surface area contributed by atoms with E-state index in [9.17, 15) is 9.59 Å². The summed E-state index contributed by atoms with van der Waals surface area (Å²) >= 11 is 1.42. The van der Waals surface area contributed by atoms with Gasteiger partial charge in [0.1, 0.15) is 5.75 Å². The number of fused-ring (bicyclic) bond motifs is 1. The Balaban J connectivity index is 2.52. The van der Waals surface area contributed by atoms with E-state index in [1.165, 1.54) is 11.3 Å². The van der Waals surface area contributed by atoms with Crippen molar-refractivity contribution in [2.24, 2.45) is 10.4 Å². The molecule has 0 saturated heterocycles. The molecule has 0 spiro atoms. The molecular formula is C18H24N2O4S. The zero-order valence-electron chi connectivity index (χ0n) is 15.3. The maximum atomic E-state index is 12.3. The molecule has 0 aliphatic heterocycles. The number of carbonyl (C=O) groups excluding carboxylic acids is 2. The number of benzene rings is 1. The first-order chi connectivity index (χ1) is 11.8. The van der Waals surface area contributed by atoms with Gasteiger partial charge in [-0.2, -0.15) is 4.99 Å². The SMILES string of the molecule is CCOC(=O)CCn1c(=NC(=O)C(C)(C)C)sc2ccc(OC)cc21. The van der Waals surface area contributed by atoms with Gasteiger partial charge in [-0.1, -0.05) is 32.1 Å². The lowest BCUT2D eigenvalue weighted by Crippen LogP contribution is -2.24. The highest BCUT2D eigenvalue weighted by Gasteiger charge is 2.21. The van der Waals surface area contributed by atoms with E-state index in [1.54, 1.807) is 14.0 Å². The monoisotopic (exact) mass is 364 g/mol. The van der Waals surface area contributed by atoms with Crippen molar-refractivity contribution in [3.05, 3.63) is 23.0 Å². The third-order valence-electron chi connectivity index (χ3n) is 3.57. The molecule has 136 valence electrons. The minimum absolute atomic E-state index is 0.198. The smallest absolute Gasteiger partial charge is 0.307 e. The number of esters is 1. The van der Waals surface area contributed by atoms with Crippen LogP contribution < -0.4 is 9.54 Å². The minimum Gasteiger partial charge on any atom is -0.497 e. The summed E-state index contributed by atoms with van der Waals surface area (Å²) in [5, 5.41) is 0. The van der Waals surface area contributed by atoms with E-state index in [1.807, 2.05) is 43.5 Å². The van der Waals surface area contributed by atoms with Crippen LogP contribution in [-0.4, -0.2) is 30.2 Å². The van der Waals surface area contributed by atoms with Crippen molar-refractivity contribution in [1.82, 2.24) is 4.57 Å². The molecule has 25 heavy (non-hydrogen) atoms. The van der Waals surface area contributed by atoms with Crippen LogP contribution in [0.15, 0.2) is 23.2 Å². The normalized spacial score (nSPS) is 12.4. The van der Waals surface area contributed by atoms with Crippen molar-refractivity contribution in [2.45, 2.75) is 40.7 Å². The highest BCUT2D eigenvalue weighted by Crippen LogP contribution is 2.24. The fourth-order valence-electron chi connectivity index (χ4n) is 2.17. The molecular weight excluding hydrogens is 340 g/mol. The number of nitrogens with zero attached hydrogens (tertiary/aromatic N) is 2. The molecule has 0 saturated carbocycles. The van der Waals surface area contributed by atoms with Crippen LogP contribution in [0.2, 0.25) is 0 Å². The highest BCUT2D eigenvalue weighted by molar-refractivity contribution is 7.16. The molecule has 0 bridgehead atoms. The summed E-state index contributed by atoms with van der Waals surface area (Å²) in [6.07, 6.45) is 0.216. The van der Waals surface area contributed by atoms with E-state index < -0.39 is 5.41 Å². The van der Waals surface area contributed by atoms with Gasteiger partial charge < -0.3 is 14.0 Å². The van der Waals surface area contributed by atoms with Crippen LogP contribution in [-0.2, 0) is 20.9 Å². The fourth-order valence-corrected chi connectivity index (χ4v) is 3.20. The van der Waals surface area contributed by atoms with Gasteiger partial charge >= 0.3 is 5.97 Å². The lowest BCUT2D eigenvalue weighted by Gasteiger charge is -2.12. The van der Waals surface area contributed by atoms with Crippen molar-refractivity contribution in [2.75, 3.05) is 13.7 Å². The van der Waals surface area contributed by atoms with E-state index in [4.69, 9.17) is 9.47 Å². The Morgan fingerprint density at radius 2 is 2.00 bits per heavy atom. The second-order valence-electron chi connectivity index (χ2n) is 6.59. The molecule has 0 fully saturated rings. The predicted octanol–water partition coefficient (Wildman–Crippen LogP) is 3.14. The molecule has 1 aromatic heterocycles. The Hall–Kier alpha value is -2.15. The summed E-state index contributed by atoms with van der Waals surface area (Å²) in [5.74, 6) is 0.241. The number of hydrogen-bond donors (Lipinski definition) is 0. The van der Waals surface area contributed by atoms with E-state index >= 15 is 0 Å². The maximum Gasteiger partial charge on any atom is 0.307 e. The summed E-state index contributed by atoms with van der Waals surface area (Å²) in [6.45, 7) is 8.01. The lowest BCUT2D eigenvalue weighted by molar-refractivity contribution is -0.143. The van der Waals surface area contributed by atoms with Crippen molar-refractivity contribution in [3.8, 4) is 5.75 Å². The second-order valence-corrected chi connectivity index (χ2v) is 7.60. The van der Waals surface area contributed by atoms with Crippen molar-refractivity contribution in [3.63, 3.8) is 0 Å². The van der Waals surface area contributed by atoms with E-state index in [-0.39, 0.29) is 18.3 Å². The zero-order valence-corrected chi connectivity index (χ0v) is 16.1. The molecule has 1 heterocycles. The Labute approximate surface area is 151 Å². The van der Waals surface area contributed by atoms with Crippen LogP contribution >= 0.6 is 11.3 Å². The van der Waals surface area contributed by atoms with Crippen LogP contribution in [0.25, 0.3) is 10.2 Å². The summed E-state index contributed by atoms with van der Waals surface area (Å²) in [7, 11) is 1.60. The van der Waals surface area contributed by atoms with Gasteiger partial charge in [-0.25, -0.2) is 0 Å². The van der Waals surface area contributed by atoms with Gasteiger partial charge in [0, 0.05) is 18.0 Å². The number of hydrogen-bond acceptors (Lipinski definition) is 5. The molecule has 0 unspecified atom stereocenters. The summed E-state index contributed by atoms with van der Waals surface area (Å²) in [5.41, 5.74) is 0.321. The van der Waals surface area contributed by atoms with Crippen LogP contribution in [0.1, 0.15) is 34.1 Å². The average molecular weight is 364 g/mol. The van der Waals surface area contributed by atoms with Crippen molar-refractivity contribution in [1.29, 1.82) is 0 Å². The van der Waals surface area contributed by atoms with E-state index in [2.05, 4.69) is 4.99 Å². The van der Waals surface area contributed by atoms with Crippen LogP contribution in [0.3, 0.4) is 0 Å². The lowest BCUT2D eigenvalue weighted by atomic mass is 9.96. The van der Waals surface area contributed by atoms with Gasteiger partial charge in [0.25, 0.3) is 5.91 Å². The van der Waals surface area contributed by atoms with Crippen molar-refractivity contribution < 1.29 is 19.1 Å². The Morgan fingerprint density at radius 3 is 2.60 bits per heavy atom. The first kappa shape index (κ1) is 19.2. The van der Waals surface area contributed by atoms with Crippen LogP contribution in [0.4, 0.5) is 0 Å². The first-order valence-corrected chi connectivity index (χ1v) is 9.00. The molecule has 2 rings (SSSR count). The predicted molar refractivity (Wildman–Crippen MR) is 97.6 cm³/mol. The number of aromatic nitrogens is 1. The largest absolute Gasteiger partial charge is 0.497 e. The fraction of sp³-hybridized carbons (Fsp3) is 0.500. The minimum atomic E-state index is -0.563. The number of thiazole rings is 1. The summed E-state index contributed by atoms with van der Waals surface area (Å²) in [4.78, 5) is 28.9. The van der Waals surface area contributed by atoms with Gasteiger partial charge in [0.05, 0.1) is 30.4 Å². The zero-order chi connectivity index (χ0) is 18.6. The Morgan fingerprint density at radius 1 is 1.28 bits per heavy atom. The molecule has 1 amide bonds. The molecule has 2 aromatic rings. The third kappa shape index (κ3) is 4.69. The summed E-state index contributed by atoms with van der Waals surface area (Å²) in [6, 6.07) is 5.68. The number of rotatable bonds is 5. The third-order valence-corrected chi connectivity index (χ3v) is 4.63. The van der Waals surface area contributed by atoms with Gasteiger partial charge in [0.15, 0.2) is 4.80 Å². The second kappa shape index (κ2) is 7.82. The number of carbonyl (C=O) groups is 2. The Kier molecular flexibility index (Phi) is 6.00. The van der Waals surface area contributed by atoms with Gasteiger partial charge in [-0.15, -0.1) is 0 Å². The molecule has 6 nitrogen and oxygen atoms in total. The van der Waals surface area contributed by atoms with E-state index in [0.717, 1.165) is 10.2 Å². The molecule has 0 N–H and O–H groups in total. The van der Waals surface area contributed by atoms with Gasteiger partial charge in [0.2, 0.25) is 0 Å². The standard InChI is InChI=1S/C18H24N2O4S/c1-6-24-15(21)9-10-20-13-11-12(23-5)7-8-14(13)25-17(20)19-16(22)18(2,3)4/h7-8,11H,6,9-10H2,1-5H3. The number of amides is 1. The molecule has 7 heteroatoms. The van der Waals surface area contributed by atoms with Gasteiger partial charge in [-0.3, -0.25) is 9.59 Å². The molecule has 1 aromatic carbocycles.